The van der Waals surface area contributed by atoms with Gasteiger partial charge in [-0.25, -0.2) is 0 Å². The molecule has 0 aliphatic rings. The number of hydrogen-bond acceptors (Lipinski definition) is 6. The van der Waals surface area contributed by atoms with Crippen LogP contribution in [-0.4, -0.2) is 37.2 Å². The van der Waals surface area contributed by atoms with E-state index >= 15 is 0 Å². The third-order valence-electron chi connectivity index (χ3n) is 11.6. The molecule has 0 aliphatic heterocycles. The number of carbonyl (C=O) groups is 3. The molecule has 378 valence electrons. The third-order valence-corrected chi connectivity index (χ3v) is 11.6. The minimum atomic E-state index is -0.801. The Labute approximate surface area is 407 Å². The van der Waals surface area contributed by atoms with E-state index in [-0.39, 0.29) is 31.1 Å². The molecule has 0 radical (unpaired) electrons. The van der Waals surface area contributed by atoms with Crippen LogP contribution in [0.15, 0.2) is 85.1 Å². The molecule has 0 rings (SSSR count). The fraction of sp³-hybridized carbons (Fsp3) is 0.717. The van der Waals surface area contributed by atoms with Crippen molar-refractivity contribution in [3.63, 3.8) is 0 Å². The first-order chi connectivity index (χ1) is 32.5. The monoisotopic (exact) mass is 919 g/mol. The van der Waals surface area contributed by atoms with Gasteiger partial charge in [-0.1, -0.05) is 209 Å². The summed E-state index contributed by atoms with van der Waals surface area (Å²) in [6.07, 6.45) is 70.0. The number of ether oxygens (including phenoxy) is 3. The SMILES string of the molecule is CC/C=C\C/C=C\C/C=C\C/C=C\CCCCC(=O)OC[C@H](COC(=O)CCCCCCCCC/C=C\C/C=C\CCCCC)OC(=O)CCCCCCC/C=C\CCCCCCCCC. The summed E-state index contributed by atoms with van der Waals surface area (Å²) in [5.41, 5.74) is 0. The molecule has 66 heavy (non-hydrogen) atoms. The van der Waals surface area contributed by atoms with Gasteiger partial charge >= 0.3 is 17.9 Å². The second-order valence-corrected chi connectivity index (χ2v) is 18.1. The summed E-state index contributed by atoms with van der Waals surface area (Å²) in [5.74, 6) is -0.953. The summed E-state index contributed by atoms with van der Waals surface area (Å²) in [4.78, 5) is 38.1. The zero-order valence-corrected chi connectivity index (χ0v) is 43.2. The lowest BCUT2D eigenvalue weighted by atomic mass is 10.1. The highest BCUT2D eigenvalue weighted by Gasteiger charge is 2.19. The molecule has 0 aliphatic carbocycles. The van der Waals surface area contributed by atoms with E-state index in [1.54, 1.807) is 0 Å². The second-order valence-electron chi connectivity index (χ2n) is 18.1. The normalized spacial score (nSPS) is 12.7. The number of unbranched alkanes of at least 4 members (excludes halogenated alkanes) is 24. The standard InChI is InChI=1S/C60H102O6/c1-4-7-10-13-16-19-22-25-28-30-33-35-38-41-44-47-50-53-59(62)65-56-57(55-64-58(61)52-49-46-43-40-37-34-31-27-24-21-18-15-12-9-6-3)66-60(63)54-51-48-45-42-39-36-32-29-26-23-20-17-14-11-8-5-2/h9,12,16,18-19,21,25,27-29,31-32,37,40,57H,4-8,10-11,13-15,17,20,22-24,26,30,33-36,38-39,41-56H2,1-3H3/b12-9-,19-16-,21-18-,28-25-,31-27-,32-29-,40-37-/t57-/m1/s1. The van der Waals surface area contributed by atoms with Crippen molar-refractivity contribution in [2.24, 2.45) is 0 Å². The van der Waals surface area contributed by atoms with Crippen molar-refractivity contribution in [2.75, 3.05) is 13.2 Å². The van der Waals surface area contributed by atoms with E-state index in [2.05, 4.69) is 106 Å². The van der Waals surface area contributed by atoms with Gasteiger partial charge in [0.2, 0.25) is 0 Å². The Morgan fingerprint density at radius 3 is 1.00 bits per heavy atom. The Bertz CT molecular complexity index is 1290. The van der Waals surface area contributed by atoms with Crippen LogP contribution < -0.4 is 0 Å². The lowest BCUT2D eigenvalue weighted by Gasteiger charge is -2.18. The predicted octanol–water partition coefficient (Wildman–Crippen LogP) is 18.4. The molecule has 0 saturated heterocycles. The van der Waals surface area contributed by atoms with E-state index in [0.29, 0.717) is 19.3 Å². The van der Waals surface area contributed by atoms with Crippen molar-refractivity contribution >= 4 is 17.9 Å². The Kier molecular flexibility index (Phi) is 51.4. The van der Waals surface area contributed by atoms with Gasteiger partial charge < -0.3 is 14.2 Å². The van der Waals surface area contributed by atoms with E-state index in [4.69, 9.17) is 14.2 Å². The van der Waals surface area contributed by atoms with Gasteiger partial charge in [-0.3, -0.25) is 14.4 Å². The summed E-state index contributed by atoms with van der Waals surface area (Å²) >= 11 is 0. The molecule has 0 fully saturated rings. The van der Waals surface area contributed by atoms with Gasteiger partial charge in [-0.15, -0.1) is 0 Å². The van der Waals surface area contributed by atoms with Gasteiger partial charge in [0, 0.05) is 19.3 Å². The Morgan fingerprint density at radius 1 is 0.318 bits per heavy atom. The molecular formula is C60H102O6. The van der Waals surface area contributed by atoms with Crippen LogP contribution in [-0.2, 0) is 28.6 Å². The molecule has 0 heterocycles. The van der Waals surface area contributed by atoms with Crippen molar-refractivity contribution in [3.05, 3.63) is 85.1 Å². The molecule has 0 aromatic heterocycles. The summed E-state index contributed by atoms with van der Waals surface area (Å²) < 4.78 is 16.8. The minimum absolute atomic E-state index is 0.0974. The third kappa shape index (κ3) is 51.6. The predicted molar refractivity (Wildman–Crippen MR) is 284 cm³/mol. The first kappa shape index (κ1) is 62.6. The van der Waals surface area contributed by atoms with Crippen LogP contribution in [0.2, 0.25) is 0 Å². The van der Waals surface area contributed by atoms with Crippen LogP contribution in [0, 0.1) is 0 Å². The van der Waals surface area contributed by atoms with Gasteiger partial charge in [-0.2, -0.15) is 0 Å². The fourth-order valence-electron chi connectivity index (χ4n) is 7.46. The number of carbonyl (C=O) groups excluding carboxylic acids is 3. The average Bonchev–Trinajstić information content (AvgIpc) is 3.31. The zero-order valence-electron chi connectivity index (χ0n) is 43.2. The van der Waals surface area contributed by atoms with Crippen LogP contribution in [0.1, 0.15) is 258 Å². The number of esters is 3. The molecule has 0 aromatic rings. The number of rotatable bonds is 49. The lowest BCUT2D eigenvalue weighted by molar-refractivity contribution is -0.167. The molecule has 0 aromatic carbocycles. The summed E-state index contributed by atoms with van der Waals surface area (Å²) in [6, 6.07) is 0. The first-order valence-corrected chi connectivity index (χ1v) is 27.6. The maximum absolute atomic E-state index is 12.8. The first-order valence-electron chi connectivity index (χ1n) is 27.6. The van der Waals surface area contributed by atoms with Crippen molar-refractivity contribution in [1.82, 2.24) is 0 Å². The van der Waals surface area contributed by atoms with Crippen molar-refractivity contribution < 1.29 is 28.6 Å². The molecule has 0 N–H and O–H groups in total. The molecule has 1 atom stereocenters. The Balaban J connectivity index is 4.47. The van der Waals surface area contributed by atoms with Crippen LogP contribution in [0.5, 0.6) is 0 Å². The van der Waals surface area contributed by atoms with Crippen LogP contribution >= 0.6 is 0 Å². The van der Waals surface area contributed by atoms with Gasteiger partial charge in [0.25, 0.3) is 0 Å². The van der Waals surface area contributed by atoms with Gasteiger partial charge in [-0.05, 0) is 116 Å². The molecule has 0 saturated carbocycles. The Hall–Kier alpha value is -3.41. The average molecular weight is 919 g/mol. The highest BCUT2D eigenvalue weighted by atomic mass is 16.6. The second kappa shape index (κ2) is 54.2. The van der Waals surface area contributed by atoms with E-state index in [9.17, 15) is 14.4 Å². The smallest absolute Gasteiger partial charge is 0.306 e. The summed E-state index contributed by atoms with van der Waals surface area (Å²) in [6.45, 7) is 6.45. The highest BCUT2D eigenvalue weighted by molar-refractivity contribution is 5.71. The molecule has 0 bridgehead atoms. The van der Waals surface area contributed by atoms with Crippen molar-refractivity contribution in [3.8, 4) is 0 Å². The molecule has 0 unspecified atom stereocenters. The molecule has 0 amide bonds. The van der Waals surface area contributed by atoms with Gasteiger partial charge in [0.05, 0.1) is 0 Å². The highest BCUT2D eigenvalue weighted by Crippen LogP contribution is 2.14. The van der Waals surface area contributed by atoms with Crippen LogP contribution in [0.25, 0.3) is 0 Å². The van der Waals surface area contributed by atoms with Crippen LogP contribution in [0.4, 0.5) is 0 Å². The summed E-state index contributed by atoms with van der Waals surface area (Å²) in [5, 5.41) is 0. The maximum Gasteiger partial charge on any atom is 0.306 e. The maximum atomic E-state index is 12.8. The number of allylic oxidation sites excluding steroid dienone is 14. The largest absolute Gasteiger partial charge is 0.462 e. The van der Waals surface area contributed by atoms with E-state index < -0.39 is 6.10 Å². The Morgan fingerprint density at radius 2 is 0.591 bits per heavy atom. The lowest BCUT2D eigenvalue weighted by Crippen LogP contribution is -2.30. The van der Waals surface area contributed by atoms with Crippen molar-refractivity contribution in [1.29, 1.82) is 0 Å². The fourth-order valence-corrected chi connectivity index (χ4v) is 7.46. The topological polar surface area (TPSA) is 78.9 Å². The summed E-state index contributed by atoms with van der Waals surface area (Å²) in [7, 11) is 0. The van der Waals surface area contributed by atoms with Gasteiger partial charge in [0.1, 0.15) is 13.2 Å². The molecule has 6 nitrogen and oxygen atoms in total. The minimum Gasteiger partial charge on any atom is -0.462 e. The van der Waals surface area contributed by atoms with Crippen molar-refractivity contribution in [2.45, 2.75) is 264 Å². The van der Waals surface area contributed by atoms with E-state index in [1.165, 1.54) is 109 Å². The molecular weight excluding hydrogens is 817 g/mol. The van der Waals surface area contributed by atoms with E-state index in [1.807, 2.05) is 0 Å². The van der Waals surface area contributed by atoms with Crippen LogP contribution in [0.3, 0.4) is 0 Å². The van der Waals surface area contributed by atoms with Gasteiger partial charge in [0.15, 0.2) is 6.10 Å². The molecule has 6 heteroatoms. The van der Waals surface area contributed by atoms with E-state index in [0.717, 1.165) is 109 Å². The quantitative estimate of drug-likeness (QED) is 0.0262. The zero-order chi connectivity index (χ0) is 47.9. The molecule has 0 spiro atoms. The number of hydrogen-bond donors (Lipinski definition) is 0.